The number of carbonyl (C=O) groups is 1. The van der Waals surface area contributed by atoms with Crippen molar-refractivity contribution in [2.24, 2.45) is 0 Å². The molecule has 0 unspecified atom stereocenters. The average molecular weight is 162 g/mol. The lowest BCUT2D eigenvalue weighted by Gasteiger charge is -2.12. The highest BCUT2D eigenvalue weighted by Gasteiger charge is 2.25. The largest absolute Gasteiger partial charge is 0.525 e. The molecule has 1 heterocycles. The van der Waals surface area contributed by atoms with Gasteiger partial charge in [0, 0.05) is 13.1 Å². The summed E-state index contributed by atoms with van der Waals surface area (Å²) in [5.41, 5.74) is 2.22. The fourth-order valence-electron chi connectivity index (χ4n) is 0.911. The Hall–Kier alpha value is -0.850. The standard InChI is InChI=1S/C5H10N2O4/c8-4-2-6-1-3(4)7-11-5(9)10/h3-4,6-8H,1-2H2,(H,9,10)/t3-,4+/m0/s1. The topological polar surface area (TPSA) is 90.8 Å². The number of hydroxylamine groups is 1. The number of nitrogens with one attached hydrogen (secondary N) is 2. The molecule has 0 amide bonds. The third-order valence-electron chi connectivity index (χ3n) is 1.48. The van der Waals surface area contributed by atoms with Crippen molar-refractivity contribution in [1.82, 2.24) is 10.8 Å². The van der Waals surface area contributed by atoms with E-state index in [4.69, 9.17) is 10.2 Å². The summed E-state index contributed by atoms with van der Waals surface area (Å²) < 4.78 is 0. The molecule has 0 saturated carbocycles. The van der Waals surface area contributed by atoms with Gasteiger partial charge < -0.3 is 20.4 Å². The first-order chi connectivity index (χ1) is 5.20. The Morgan fingerprint density at radius 2 is 2.36 bits per heavy atom. The highest BCUT2D eigenvalue weighted by Crippen LogP contribution is 1.98. The summed E-state index contributed by atoms with van der Waals surface area (Å²) in [7, 11) is 0. The van der Waals surface area contributed by atoms with E-state index in [0.29, 0.717) is 13.1 Å². The summed E-state index contributed by atoms with van der Waals surface area (Å²) in [5.74, 6) is 0. The Labute approximate surface area is 63.1 Å². The quantitative estimate of drug-likeness (QED) is 0.370. The van der Waals surface area contributed by atoms with E-state index in [2.05, 4.69) is 15.6 Å². The van der Waals surface area contributed by atoms with Crippen LogP contribution in [0.5, 0.6) is 0 Å². The third-order valence-corrected chi connectivity index (χ3v) is 1.48. The second kappa shape index (κ2) is 3.51. The first-order valence-electron chi connectivity index (χ1n) is 3.24. The number of β-amino-alcohol motifs (C(OH)–C–C–N with tert-alkyl or cyclic N) is 1. The molecule has 1 aliphatic rings. The summed E-state index contributed by atoms with van der Waals surface area (Å²) in [6.45, 7) is 0.967. The molecule has 1 rings (SSSR count). The predicted molar refractivity (Wildman–Crippen MR) is 34.9 cm³/mol. The van der Waals surface area contributed by atoms with E-state index in [9.17, 15) is 4.79 Å². The molecule has 6 heteroatoms. The second-order valence-corrected chi connectivity index (χ2v) is 2.32. The molecule has 0 aliphatic carbocycles. The van der Waals surface area contributed by atoms with Gasteiger partial charge in [-0.2, -0.15) is 0 Å². The van der Waals surface area contributed by atoms with Gasteiger partial charge in [-0.15, -0.1) is 5.48 Å². The van der Waals surface area contributed by atoms with Gasteiger partial charge in [-0.1, -0.05) is 0 Å². The Morgan fingerprint density at radius 1 is 1.64 bits per heavy atom. The van der Waals surface area contributed by atoms with Gasteiger partial charge in [-0.3, -0.25) is 0 Å². The van der Waals surface area contributed by atoms with Crippen LogP contribution in [0.3, 0.4) is 0 Å². The van der Waals surface area contributed by atoms with Crippen molar-refractivity contribution in [2.75, 3.05) is 13.1 Å². The molecule has 1 aliphatic heterocycles. The van der Waals surface area contributed by atoms with Crippen molar-refractivity contribution >= 4 is 6.16 Å². The van der Waals surface area contributed by atoms with Crippen LogP contribution in [-0.4, -0.2) is 41.6 Å². The summed E-state index contributed by atoms with van der Waals surface area (Å²) in [5, 5.41) is 20.0. The van der Waals surface area contributed by atoms with Gasteiger partial charge in [-0.05, 0) is 0 Å². The van der Waals surface area contributed by atoms with Gasteiger partial charge in [0.15, 0.2) is 0 Å². The van der Waals surface area contributed by atoms with E-state index >= 15 is 0 Å². The fraction of sp³-hybridized carbons (Fsp3) is 0.800. The lowest BCUT2D eigenvalue weighted by atomic mass is 10.2. The minimum atomic E-state index is -1.40. The molecular formula is C5H10N2O4. The van der Waals surface area contributed by atoms with Crippen LogP contribution in [0, 0.1) is 0 Å². The van der Waals surface area contributed by atoms with Crippen molar-refractivity contribution in [3.63, 3.8) is 0 Å². The fourth-order valence-corrected chi connectivity index (χ4v) is 0.911. The highest BCUT2D eigenvalue weighted by molar-refractivity contribution is 5.56. The SMILES string of the molecule is O=C(O)ON[C@H]1CNC[C@H]1O. The molecule has 4 N–H and O–H groups in total. The number of rotatable bonds is 2. The molecule has 0 aromatic rings. The summed E-state index contributed by atoms with van der Waals surface area (Å²) in [4.78, 5) is 13.9. The van der Waals surface area contributed by atoms with E-state index in [0.717, 1.165) is 0 Å². The van der Waals surface area contributed by atoms with Crippen molar-refractivity contribution < 1.29 is 19.8 Å². The molecular weight excluding hydrogens is 152 g/mol. The number of aliphatic hydroxyl groups is 1. The van der Waals surface area contributed by atoms with E-state index < -0.39 is 12.3 Å². The molecule has 0 radical (unpaired) electrons. The number of aliphatic hydroxyl groups excluding tert-OH is 1. The van der Waals surface area contributed by atoms with E-state index in [-0.39, 0.29) is 6.04 Å². The number of hydrogen-bond donors (Lipinski definition) is 4. The maximum Gasteiger partial charge on any atom is 0.525 e. The van der Waals surface area contributed by atoms with Gasteiger partial charge in [0.25, 0.3) is 0 Å². The molecule has 0 bridgehead atoms. The van der Waals surface area contributed by atoms with Crippen LogP contribution in [0.15, 0.2) is 0 Å². The highest BCUT2D eigenvalue weighted by atomic mass is 16.8. The van der Waals surface area contributed by atoms with Crippen molar-refractivity contribution in [3.05, 3.63) is 0 Å². The van der Waals surface area contributed by atoms with Crippen molar-refractivity contribution in [3.8, 4) is 0 Å². The first-order valence-corrected chi connectivity index (χ1v) is 3.24. The van der Waals surface area contributed by atoms with Crippen LogP contribution in [0.4, 0.5) is 4.79 Å². The van der Waals surface area contributed by atoms with E-state index in [1.165, 1.54) is 0 Å². The zero-order chi connectivity index (χ0) is 8.27. The maximum atomic E-state index is 9.88. The minimum Gasteiger partial charge on any atom is -0.448 e. The molecule has 1 fully saturated rings. The number of carboxylic acid groups (broad SMARTS) is 1. The van der Waals surface area contributed by atoms with Gasteiger partial charge in [-0.25, -0.2) is 4.79 Å². The molecule has 6 nitrogen and oxygen atoms in total. The normalized spacial score (nSPS) is 30.3. The minimum absolute atomic E-state index is 0.342. The van der Waals surface area contributed by atoms with Crippen LogP contribution < -0.4 is 10.8 Å². The van der Waals surface area contributed by atoms with Gasteiger partial charge in [0.2, 0.25) is 0 Å². The molecule has 2 atom stereocenters. The van der Waals surface area contributed by atoms with Gasteiger partial charge >= 0.3 is 6.16 Å². The van der Waals surface area contributed by atoms with E-state index in [1.807, 2.05) is 0 Å². The first kappa shape index (κ1) is 8.25. The zero-order valence-electron chi connectivity index (χ0n) is 5.78. The Morgan fingerprint density at radius 3 is 2.82 bits per heavy atom. The molecule has 0 aromatic carbocycles. The predicted octanol–water partition coefficient (Wildman–Crippen LogP) is -1.48. The van der Waals surface area contributed by atoms with Crippen molar-refractivity contribution in [1.29, 1.82) is 0 Å². The Bertz CT molecular complexity index is 151. The van der Waals surface area contributed by atoms with Crippen LogP contribution in [-0.2, 0) is 4.84 Å². The van der Waals surface area contributed by atoms with Crippen LogP contribution in [0.25, 0.3) is 0 Å². The summed E-state index contributed by atoms with van der Waals surface area (Å²) in [6, 6.07) is -0.342. The van der Waals surface area contributed by atoms with Crippen molar-refractivity contribution in [2.45, 2.75) is 12.1 Å². The molecule has 0 spiro atoms. The molecule has 1 saturated heterocycles. The zero-order valence-corrected chi connectivity index (χ0v) is 5.78. The Balaban J connectivity index is 2.20. The average Bonchev–Trinajstić information content (AvgIpc) is 2.31. The third kappa shape index (κ3) is 2.34. The second-order valence-electron chi connectivity index (χ2n) is 2.32. The van der Waals surface area contributed by atoms with Gasteiger partial charge in [0.1, 0.15) is 0 Å². The molecule has 64 valence electrons. The molecule has 11 heavy (non-hydrogen) atoms. The smallest absolute Gasteiger partial charge is 0.448 e. The van der Waals surface area contributed by atoms with Crippen LogP contribution in [0.2, 0.25) is 0 Å². The molecule has 0 aromatic heterocycles. The number of hydrogen-bond acceptors (Lipinski definition) is 5. The van der Waals surface area contributed by atoms with E-state index in [1.54, 1.807) is 0 Å². The summed E-state index contributed by atoms with van der Waals surface area (Å²) in [6.07, 6.45) is -1.99. The van der Waals surface area contributed by atoms with Gasteiger partial charge in [0.05, 0.1) is 12.1 Å². The lowest BCUT2D eigenvalue weighted by molar-refractivity contribution is 0.00887. The van der Waals surface area contributed by atoms with Crippen LogP contribution in [0.1, 0.15) is 0 Å². The Kier molecular flexibility index (Phi) is 2.64. The summed E-state index contributed by atoms with van der Waals surface area (Å²) >= 11 is 0. The maximum absolute atomic E-state index is 9.88. The monoisotopic (exact) mass is 162 g/mol. The lowest BCUT2D eigenvalue weighted by Crippen LogP contribution is -2.39. The van der Waals surface area contributed by atoms with Crippen LogP contribution >= 0.6 is 0 Å².